The molecule has 0 aliphatic carbocycles. The molecule has 19 heavy (non-hydrogen) atoms. The van der Waals surface area contributed by atoms with E-state index in [-0.39, 0.29) is 0 Å². The quantitative estimate of drug-likeness (QED) is 0.822. The maximum atomic E-state index is 5.43. The average molecular weight is 264 g/mol. The van der Waals surface area contributed by atoms with Crippen molar-refractivity contribution in [3.63, 3.8) is 0 Å². The Balaban J connectivity index is 1.88. The molecule has 1 aromatic rings. The topological polar surface area (TPSA) is 42.5 Å². The summed E-state index contributed by atoms with van der Waals surface area (Å²) in [5, 5.41) is 6.93. The number of benzene rings is 1. The molecule has 1 fully saturated rings. The highest BCUT2D eigenvalue weighted by Gasteiger charge is 2.13. The number of methoxy groups -OCH3 is 2. The summed E-state index contributed by atoms with van der Waals surface area (Å²) in [6, 6.07) is 6.01. The van der Waals surface area contributed by atoms with Crippen molar-refractivity contribution in [1.82, 2.24) is 10.6 Å². The molecule has 0 radical (unpaired) electrons. The fourth-order valence-corrected chi connectivity index (χ4v) is 2.59. The molecule has 2 N–H and O–H groups in total. The van der Waals surface area contributed by atoms with Crippen LogP contribution in [0.3, 0.4) is 0 Å². The van der Waals surface area contributed by atoms with Crippen LogP contribution in [0.2, 0.25) is 0 Å². The van der Waals surface area contributed by atoms with Crippen LogP contribution in [0.25, 0.3) is 0 Å². The summed E-state index contributed by atoms with van der Waals surface area (Å²) in [4.78, 5) is 0. The first-order valence-electron chi connectivity index (χ1n) is 6.96. The molecular formula is C15H24N2O2. The molecule has 0 saturated carbocycles. The van der Waals surface area contributed by atoms with E-state index in [1.54, 1.807) is 14.2 Å². The number of hydrogen-bond acceptors (Lipinski definition) is 4. The van der Waals surface area contributed by atoms with Crippen LogP contribution in [0.1, 0.15) is 18.4 Å². The first-order chi connectivity index (χ1) is 9.35. The van der Waals surface area contributed by atoms with Gasteiger partial charge in [0.1, 0.15) is 0 Å². The third-order valence-electron chi connectivity index (χ3n) is 3.69. The maximum absolute atomic E-state index is 5.43. The highest BCUT2D eigenvalue weighted by molar-refractivity contribution is 5.46. The van der Waals surface area contributed by atoms with Crippen molar-refractivity contribution in [1.29, 1.82) is 0 Å². The van der Waals surface area contributed by atoms with Crippen molar-refractivity contribution < 1.29 is 9.47 Å². The Morgan fingerprint density at radius 1 is 1.21 bits per heavy atom. The Morgan fingerprint density at radius 2 is 2.00 bits per heavy atom. The van der Waals surface area contributed by atoms with Gasteiger partial charge in [-0.05, 0) is 44.5 Å². The molecule has 1 saturated heterocycles. The standard InChI is InChI=1S/C15H24N2O2/c1-18-14-5-3-4-13(15(14)19-2)11-17-10-12-6-8-16-9-7-12/h3-5,12,16-17H,6-11H2,1-2H3. The van der Waals surface area contributed by atoms with Gasteiger partial charge in [0.05, 0.1) is 14.2 Å². The highest BCUT2D eigenvalue weighted by atomic mass is 16.5. The lowest BCUT2D eigenvalue weighted by Crippen LogP contribution is -2.33. The third-order valence-corrected chi connectivity index (χ3v) is 3.69. The molecule has 4 nitrogen and oxygen atoms in total. The van der Waals surface area contributed by atoms with Crippen LogP contribution in [0.5, 0.6) is 11.5 Å². The second kappa shape index (κ2) is 7.36. The van der Waals surface area contributed by atoms with Gasteiger partial charge in [0.2, 0.25) is 0 Å². The Kier molecular flexibility index (Phi) is 5.48. The molecule has 0 bridgehead atoms. The molecule has 1 aliphatic rings. The molecule has 0 spiro atoms. The summed E-state index contributed by atoms with van der Waals surface area (Å²) >= 11 is 0. The van der Waals surface area contributed by atoms with E-state index in [1.165, 1.54) is 12.8 Å². The number of para-hydroxylation sites is 1. The van der Waals surface area contributed by atoms with Crippen LogP contribution < -0.4 is 20.1 Å². The van der Waals surface area contributed by atoms with Crippen LogP contribution in [-0.2, 0) is 6.54 Å². The third kappa shape index (κ3) is 3.85. The lowest BCUT2D eigenvalue weighted by atomic mass is 9.98. The van der Waals surface area contributed by atoms with E-state index in [9.17, 15) is 0 Å². The fourth-order valence-electron chi connectivity index (χ4n) is 2.59. The average Bonchev–Trinajstić information content (AvgIpc) is 2.48. The molecule has 1 heterocycles. The van der Waals surface area contributed by atoms with E-state index < -0.39 is 0 Å². The van der Waals surface area contributed by atoms with Crippen molar-refractivity contribution in [2.75, 3.05) is 33.9 Å². The van der Waals surface area contributed by atoms with Gasteiger partial charge in [-0.3, -0.25) is 0 Å². The van der Waals surface area contributed by atoms with E-state index in [1.807, 2.05) is 12.1 Å². The minimum absolute atomic E-state index is 0.790. The van der Waals surface area contributed by atoms with Crippen molar-refractivity contribution in [3.8, 4) is 11.5 Å². The minimum atomic E-state index is 0.790. The van der Waals surface area contributed by atoms with Crippen molar-refractivity contribution in [2.24, 2.45) is 5.92 Å². The second-order valence-corrected chi connectivity index (χ2v) is 4.98. The Labute approximate surface area is 115 Å². The Hall–Kier alpha value is -1.26. The molecule has 0 atom stereocenters. The minimum Gasteiger partial charge on any atom is -0.493 e. The zero-order valence-corrected chi connectivity index (χ0v) is 11.9. The summed E-state index contributed by atoms with van der Waals surface area (Å²) in [5.74, 6) is 2.42. The van der Waals surface area contributed by atoms with Crippen LogP contribution in [-0.4, -0.2) is 33.9 Å². The summed E-state index contributed by atoms with van der Waals surface area (Å²) < 4.78 is 10.7. The van der Waals surface area contributed by atoms with Crippen molar-refractivity contribution in [3.05, 3.63) is 23.8 Å². The zero-order valence-electron chi connectivity index (χ0n) is 11.9. The normalized spacial score (nSPS) is 16.3. The maximum Gasteiger partial charge on any atom is 0.165 e. The van der Waals surface area contributed by atoms with Gasteiger partial charge in [-0.25, -0.2) is 0 Å². The van der Waals surface area contributed by atoms with E-state index >= 15 is 0 Å². The van der Waals surface area contributed by atoms with E-state index in [2.05, 4.69) is 16.7 Å². The molecule has 0 unspecified atom stereocenters. The van der Waals surface area contributed by atoms with Crippen LogP contribution >= 0.6 is 0 Å². The molecule has 4 heteroatoms. The van der Waals surface area contributed by atoms with Gasteiger partial charge in [0, 0.05) is 12.1 Å². The molecule has 0 aromatic heterocycles. The van der Waals surface area contributed by atoms with Crippen LogP contribution in [0.4, 0.5) is 0 Å². The molecule has 0 amide bonds. The number of ether oxygens (including phenoxy) is 2. The fraction of sp³-hybridized carbons (Fsp3) is 0.600. The second-order valence-electron chi connectivity index (χ2n) is 4.98. The number of piperidine rings is 1. The Morgan fingerprint density at radius 3 is 2.68 bits per heavy atom. The van der Waals surface area contributed by atoms with Gasteiger partial charge in [-0.1, -0.05) is 12.1 Å². The number of hydrogen-bond donors (Lipinski definition) is 2. The molecule has 2 rings (SSSR count). The summed E-state index contributed by atoms with van der Waals surface area (Å²) in [7, 11) is 3.36. The summed E-state index contributed by atoms with van der Waals surface area (Å²) in [5.41, 5.74) is 1.15. The SMILES string of the molecule is COc1cccc(CNCC2CCNCC2)c1OC. The summed E-state index contributed by atoms with van der Waals surface area (Å²) in [6.07, 6.45) is 2.53. The highest BCUT2D eigenvalue weighted by Crippen LogP contribution is 2.30. The van der Waals surface area contributed by atoms with Gasteiger partial charge >= 0.3 is 0 Å². The molecular weight excluding hydrogens is 240 g/mol. The smallest absolute Gasteiger partial charge is 0.165 e. The molecule has 1 aliphatic heterocycles. The molecule has 1 aromatic carbocycles. The van der Waals surface area contributed by atoms with Gasteiger partial charge in [-0.15, -0.1) is 0 Å². The largest absolute Gasteiger partial charge is 0.493 e. The summed E-state index contributed by atoms with van der Waals surface area (Å²) in [6.45, 7) is 4.19. The van der Waals surface area contributed by atoms with Crippen molar-refractivity contribution >= 4 is 0 Å². The van der Waals surface area contributed by atoms with Gasteiger partial charge < -0.3 is 20.1 Å². The van der Waals surface area contributed by atoms with E-state index in [4.69, 9.17) is 9.47 Å². The number of nitrogens with one attached hydrogen (secondary N) is 2. The number of rotatable bonds is 6. The lowest BCUT2D eigenvalue weighted by molar-refractivity contribution is 0.343. The van der Waals surface area contributed by atoms with Gasteiger partial charge in [-0.2, -0.15) is 0 Å². The lowest BCUT2D eigenvalue weighted by Gasteiger charge is -2.23. The molecule has 106 valence electrons. The van der Waals surface area contributed by atoms with Crippen LogP contribution in [0.15, 0.2) is 18.2 Å². The first kappa shape index (κ1) is 14.2. The predicted molar refractivity (Wildman–Crippen MR) is 76.8 cm³/mol. The van der Waals surface area contributed by atoms with E-state index in [0.29, 0.717) is 0 Å². The van der Waals surface area contributed by atoms with Crippen molar-refractivity contribution in [2.45, 2.75) is 19.4 Å². The van der Waals surface area contributed by atoms with E-state index in [0.717, 1.165) is 49.2 Å². The van der Waals surface area contributed by atoms with Gasteiger partial charge in [0.15, 0.2) is 11.5 Å². The monoisotopic (exact) mass is 264 g/mol. The predicted octanol–water partition coefficient (Wildman–Crippen LogP) is 1.79. The van der Waals surface area contributed by atoms with Crippen LogP contribution in [0, 0.1) is 5.92 Å². The Bertz CT molecular complexity index is 390. The van der Waals surface area contributed by atoms with Gasteiger partial charge in [0.25, 0.3) is 0 Å². The zero-order chi connectivity index (χ0) is 13.5. The first-order valence-corrected chi connectivity index (χ1v) is 6.96.